The highest BCUT2D eigenvalue weighted by molar-refractivity contribution is 5.75. The summed E-state index contributed by atoms with van der Waals surface area (Å²) in [6.07, 6.45) is 3.28. The lowest BCUT2D eigenvalue weighted by Gasteiger charge is -2.40. The zero-order valence-electron chi connectivity index (χ0n) is 9.96. The number of carbonyl (C=O) groups is 2. The molecule has 6 nitrogen and oxygen atoms in total. The Bertz CT molecular complexity index is 448. The fraction of sp³-hybridized carbons (Fsp3) is 0.545. The third-order valence-electron chi connectivity index (χ3n) is 3.46. The van der Waals surface area contributed by atoms with Crippen molar-refractivity contribution in [1.29, 1.82) is 0 Å². The molecule has 1 aromatic rings. The molecule has 0 aromatic carbocycles. The molecule has 92 valence electrons. The van der Waals surface area contributed by atoms with Crippen LogP contribution in [-0.4, -0.2) is 39.7 Å². The van der Waals surface area contributed by atoms with Crippen molar-refractivity contribution in [2.75, 3.05) is 7.05 Å². The quantitative estimate of drug-likeness (QED) is 0.813. The Morgan fingerprint density at radius 1 is 1.53 bits per heavy atom. The normalized spacial score (nSPS) is 22.9. The molecule has 1 heterocycles. The molecule has 0 spiro atoms. The van der Waals surface area contributed by atoms with Gasteiger partial charge in [-0.25, -0.2) is 4.79 Å². The summed E-state index contributed by atoms with van der Waals surface area (Å²) in [4.78, 5) is 24.0. The molecule has 17 heavy (non-hydrogen) atoms. The fourth-order valence-corrected chi connectivity index (χ4v) is 2.21. The zero-order valence-corrected chi connectivity index (χ0v) is 9.96. The van der Waals surface area contributed by atoms with Crippen molar-refractivity contribution in [3.63, 3.8) is 0 Å². The Balaban J connectivity index is 2.02. The number of primary amides is 1. The minimum atomic E-state index is -0.562. The average molecular weight is 236 g/mol. The molecular formula is C11H16N4O2. The smallest absolute Gasteiger partial charge is 0.339 e. The Morgan fingerprint density at radius 2 is 2.18 bits per heavy atom. The van der Waals surface area contributed by atoms with Crippen LogP contribution in [-0.2, 0) is 4.79 Å². The molecule has 1 saturated carbocycles. The molecule has 0 radical (unpaired) electrons. The second kappa shape index (κ2) is 4.20. The maximum absolute atomic E-state index is 11.2. The standard InChI is InChI=1S/C11H16N4O2/c1-7(16)14(2)9-5-8(6-9)10-3-4-13-15(10)11(12)17/h3-4,8-9H,5-6H2,1-2H3,(H2,12,17). The second-order valence-corrected chi connectivity index (χ2v) is 4.46. The van der Waals surface area contributed by atoms with Crippen LogP contribution in [0.1, 0.15) is 31.4 Å². The SMILES string of the molecule is CC(=O)N(C)C1CC(c2ccnn2C(N)=O)C1. The van der Waals surface area contributed by atoms with Gasteiger partial charge in [0.1, 0.15) is 0 Å². The van der Waals surface area contributed by atoms with Crippen LogP contribution in [0, 0.1) is 0 Å². The molecule has 0 atom stereocenters. The van der Waals surface area contributed by atoms with E-state index in [0.29, 0.717) is 0 Å². The van der Waals surface area contributed by atoms with E-state index in [1.54, 1.807) is 31.1 Å². The summed E-state index contributed by atoms with van der Waals surface area (Å²) in [5.41, 5.74) is 6.05. The number of nitrogens with zero attached hydrogens (tertiary/aromatic N) is 3. The molecular weight excluding hydrogens is 220 g/mol. The first-order chi connectivity index (χ1) is 8.00. The van der Waals surface area contributed by atoms with E-state index in [4.69, 9.17) is 5.73 Å². The molecule has 1 aliphatic rings. The van der Waals surface area contributed by atoms with Crippen molar-refractivity contribution in [3.05, 3.63) is 18.0 Å². The summed E-state index contributed by atoms with van der Waals surface area (Å²) in [5, 5.41) is 3.89. The molecule has 2 rings (SSSR count). The number of aromatic nitrogens is 2. The zero-order chi connectivity index (χ0) is 12.6. The molecule has 0 saturated heterocycles. The van der Waals surface area contributed by atoms with Crippen molar-refractivity contribution < 1.29 is 9.59 Å². The highest BCUT2D eigenvalue weighted by atomic mass is 16.2. The van der Waals surface area contributed by atoms with Crippen LogP contribution in [0.4, 0.5) is 4.79 Å². The molecule has 1 aromatic heterocycles. The van der Waals surface area contributed by atoms with Gasteiger partial charge < -0.3 is 10.6 Å². The van der Waals surface area contributed by atoms with Crippen molar-refractivity contribution in [1.82, 2.24) is 14.7 Å². The van der Waals surface area contributed by atoms with Gasteiger partial charge in [-0.05, 0) is 18.9 Å². The maximum Gasteiger partial charge on any atom is 0.339 e. The molecule has 2 N–H and O–H groups in total. The molecule has 6 heteroatoms. The molecule has 0 unspecified atom stereocenters. The first-order valence-corrected chi connectivity index (χ1v) is 5.58. The van der Waals surface area contributed by atoms with Crippen LogP contribution in [0.3, 0.4) is 0 Å². The molecule has 2 amide bonds. The largest absolute Gasteiger partial charge is 0.350 e. The summed E-state index contributed by atoms with van der Waals surface area (Å²) in [6.45, 7) is 1.56. The number of hydrogen-bond donors (Lipinski definition) is 1. The fourth-order valence-electron chi connectivity index (χ4n) is 2.21. The highest BCUT2D eigenvalue weighted by Crippen LogP contribution is 2.39. The lowest BCUT2D eigenvalue weighted by atomic mass is 9.77. The van der Waals surface area contributed by atoms with E-state index in [0.717, 1.165) is 18.5 Å². The summed E-state index contributed by atoms with van der Waals surface area (Å²) in [7, 11) is 1.80. The number of nitrogens with two attached hydrogens (primary N) is 1. The Morgan fingerprint density at radius 3 is 2.71 bits per heavy atom. The van der Waals surface area contributed by atoms with Gasteiger partial charge in [0.05, 0.1) is 5.69 Å². The minimum absolute atomic E-state index is 0.0665. The van der Waals surface area contributed by atoms with Gasteiger partial charge in [-0.3, -0.25) is 4.79 Å². The number of carbonyl (C=O) groups excluding carboxylic acids is 2. The highest BCUT2D eigenvalue weighted by Gasteiger charge is 2.36. The van der Waals surface area contributed by atoms with E-state index in [1.807, 2.05) is 0 Å². The molecule has 0 aliphatic heterocycles. The predicted octanol–water partition coefficient (Wildman–Crippen LogP) is 0.534. The van der Waals surface area contributed by atoms with Gasteiger partial charge in [-0.15, -0.1) is 0 Å². The average Bonchev–Trinajstić information content (AvgIpc) is 2.63. The number of amides is 2. The lowest BCUT2D eigenvalue weighted by molar-refractivity contribution is -0.131. The Hall–Kier alpha value is -1.85. The summed E-state index contributed by atoms with van der Waals surface area (Å²) in [6, 6.07) is 1.50. The van der Waals surface area contributed by atoms with Gasteiger partial charge >= 0.3 is 6.03 Å². The van der Waals surface area contributed by atoms with E-state index < -0.39 is 6.03 Å². The van der Waals surface area contributed by atoms with Crippen LogP contribution < -0.4 is 5.73 Å². The van der Waals surface area contributed by atoms with Gasteiger partial charge in [0.2, 0.25) is 5.91 Å². The third kappa shape index (κ3) is 2.02. The third-order valence-corrected chi connectivity index (χ3v) is 3.46. The van der Waals surface area contributed by atoms with Gasteiger partial charge in [-0.1, -0.05) is 0 Å². The monoisotopic (exact) mass is 236 g/mol. The van der Waals surface area contributed by atoms with Crippen LogP contribution in [0.2, 0.25) is 0 Å². The van der Waals surface area contributed by atoms with Gasteiger partial charge in [0.25, 0.3) is 0 Å². The summed E-state index contributed by atoms with van der Waals surface area (Å²) >= 11 is 0. The predicted molar refractivity (Wildman–Crippen MR) is 61.4 cm³/mol. The first-order valence-electron chi connectivity index (χ1n) is 5.58. The Kier molecular flexibility index (Phi) is 2.87. The van der Waals surface area contributed by atoms with E-state index >= 15 is 0 Å². The van der Waals surface area contributed by atoms with Crippen molar-refractivity contribution in [3.8, 4) is 0 Å². The molecule has 0 bridgehead atoms. The van der Waals surface area contributed by atoms with Crippen LogP contribution >= 0.6 is 0 Å². The van der Waals surface area contributed by atoms with E-state index in [2.05, 4.69) is 5.10 Å². The summed E-state index contributed by atoms with van der Waals surface area (Å²) < 4.78 is 1.23. The van der Waals surface area contributed by atoms with Crippen LogP contribution in [0.15, 0.2) is 12.3 Å². The molecule has 1 fully saturated rings. The van der Waals surface area contributed by atoms with Gasteiger partial charge in [0.15, 0.2) is 0 Å². The van der Waals surface area contributed by atoms with E-state index in [-0.39, 0.29) is 17.9 Å². The number of hydrogen-bond acceptors (Lipinski definition) is 3. The van der Waals surface area contributed by atoms with Crippen LogP contribution in [0.5, 0.6) is 0 Å². The van der Waals surface area contributed by atoms with Crippen molar-refractivity contribution in [2.45, 2.75) is 31.7 Å². The minimum Gasteiger partial charge on any atom is -0.350 e. The van der Waals surface area contributed by atoms with E-state index in [9.17, 15) is 9.59 Å². The van der Waals surface area contributed by atoms with Crippen molar-refractivity contribution >= 4 is 11.9 Å². The Labute approximate surface area is 99.4 Å². The van der Waals surface area contributed by atoms with Gasteiger partial charge in [0, 0.05) is 32.1 Å². The number of rotatable bonds is 2. The maximum atomic E-state index is 11.2. The van der Waals surface area contributed by atoms with Gasteiger partial charge in [-0.2, -0.15) is 9.78 Å². The first kappa shape index (κ1) is 11.6. The van der Waals surface area contributed by atoms with E-state index in [1.165, 1.54) is 4.68 Å². The van der Waals surface area contributed by atoms with Crippen LogP contribution in [0.25, 0.3) is 0 Å². The topological polar surface area (TPSA) is 81.2 Å². The van der Waals surface area contributed by atoms with Crippen molar-refractivity contribution in [2.24, 2.45) is 5.73 Å². The summed E-state index contributed by atoms with van der Waals surface area (Å²) in [5.74, 6) is 0.327. The second-order valence-electron chi connectivity index (χ2n) is 4.46. The lowest BCUT2D eigenvalue weighted by Crippen LogP contribution is -2.44. The molecule has 1 aliphatic carbocycles.